The Balaban J connectivity index is 1.74. The van der Waals surface area contributed by atoms with Crippen LogP contribution in [0.4, 0.5) is 8.78 Å². The summed E-state index contributed by atoms with van der Waals surface area (Å²) in [5.74, 6) is -4.10. The minimum Gasteiger partial charge on any atom is -0.478 e. The molecule has 0 radical (unpaired) electrons. The topological polar surface area (TPSA) is 66.4 Å². The molecule has 1 aliphatic rings. The van der Waals surface area contributed by atoms with Gasteiger partial charge in [0.1, 0.15) is 0 Å². The molecule has 0 heterocycles. The van der Waals surface area contributed by atoms with E-state index in [2.05, 4.69) is 5.32 Å². The Morgan fingerprint density at radius 2 is 1.85 bits per heavy atom. The van der Waals surface area contributed by atoms with E-state index >= 15 is 0 Å². The van der Waals surface area contributed by atoms with E-state index in [0.717, 1.165) is 5.56 Å². The number of halogens is 2. The number of rotatable bonds is 5. The summed E-state index contributed by atoms with van der Waals surface area (Å²) in [4.78, 5) is 22.2. The van der Waals surface area contributed by atoms with Gasteiger partial charge in [0.2, 0.25) is 11.8 Å². The highest BCUT2D eigenvalue weighted by atomic mass is 19.3. The maximum atomic E-state index is 12.6. The van der Waals surface area contributed by atoms with E-state index in [1.165, 1.54) is 12.1 Å². The largest absolute Gasteiger partial charge is 0.478 e. The number of aromatic carboxylic acids is 1. The average Bonchev–Trinajstić information content (AvgIpc) is 2.34. The molecule has 2 rings (SSSR count). The summed E-state index contributed by atoms with van der Waals surface area (Å²) < 4.78 is 25.2. The zero-order chi connectivity index (χ0) is 14.8. The summed E-state index contributed by atoms with van der Waals surface area (Å²) in [7, 11) is 0. The Hall–Kier alpha value is -1.98. The highest BCUT2D eigenvalue weighted by Gasteiger charge is 2.45. The summed E-state index contributed by atoms with van der Waals surface area (Å²) >= 11 is 0. The smallest absolute Gasteiger partial charge is 0.335 e. The fraction of sp³-hybridized carbons (Fsp3) is 0.429. The van der Waals surface area contributed by atoms with Gasteiger partial charge in [-0.3, -0.25) is 4.79 Å². The van der Waals surface area contributed by atoms with Crippen LogP contribution < -0.4 is 5.32 Å². The minimum atomic E-state index is -2.60. The molecule has 0 aliphatic heterocycles. The molecule has 0 atom stereocenters. The van der Waals surface area contributed by atoms with Gasteiger partial charge in [-0.1, -0.05) is 12.1 Å². The van der Waals surface area contributed by atoms with Crippen LogP contribution in [0.1, 0.15) is 35.2 Å². The highest BCUT2D eigenvalue weighted by molar-refractivity contribution is 5.87. The van der Waals surface area contributed by atoms with Gasteiger partial charge < -0.3 is 10.4 Å². The predicted molar refractivity (Wildman–Crippen MR) is 67.5 cm³/mol. The zero-order valence-electron chi connectivity index (χ0n) is 10.7. The number of carbonyl (C=O) groups excluding carboxylic acids is 1. The number of hydrogen-bond donors (Lipinski definition) is 2. The Kier molecular flexibility index (Phi) is 4.01. The van der Waals surface area contributed by atoms with Crippen molar-refractivity contribution in [1.82, 2.24) is 5.32 Å². The third-order valence-electron chi connectivity index (χ3n) is 3.34. The maximum Gasteiger partial charge on any atom is 0.335 e. The van der Waals surface area contributed by atoms with Crippen LogP contribution in [-0.2, 0) is 11.3 Å². The number of benzene rings is 1. The average molecular weight is 283 g/mol. The highest BCUT2D eigenvalue weighted by Crippen LogP contribution is 2.43. The van der Waals surface area contributed by atoms with Gasteiger partial charge in [0.25, 0.3) is 0 Å². The first kappa shape index (κ1) is 14.4. The molecule has 108 valence electrons. The third kappa shape index (κ3) is 3.76. The van der Waals surface area contributed by atoms with Gasteiger partial charge >= 0.3 is 5.97 Å². The first-order valence-electron chi connectivity index (χ1n) is 6.32. The zero-order valence-corrected chi connectivity index (χ0v) is 10.7. The Bertz CT molecular complexity index is 506. The van der Waals surface area contributed by atoms with Crippen LogP contribution in [0.5, 0.6) is 0 Å². The minimum absolute atomic E-state index is 0.114. The van der Waals surface area contributed by atoms with E-state index in [1.54, 1.807) is 12.1 Å². The molecule has 4 nitrogen and oxygen atoms in total. The van der Waals surface area contributed by atoms with Crippen molar-refractivity contribution in [2.75, 3.05) is 0 Å². The number of carboxylic acids is 1. The molecule has 0 unspecified atom stereocenters. The van der Waals surface area contributed by atoms with Gasteiger partial charge in [0.15, 0.2) is 0 Å². The molecule has 1 amide bonds. The van der Waals surface area contributed by atoms with Crippen LogP contribution in [-0.4, -0.2) is 22.9 Å². The number of nitrogens with one attached hydrogen (secondary N) is 1. The summed E-state index contributed by atoms with van der Waals surface area (Å²) in [6, 6.07) is 6.13. The third-order valence-corrected chi connectivity index (χ3v) is 3.34. The van der Waals surface area contributed by atoms with Crippen molar-refractivity contribution in [3.63, 3.8) is 0 Å². The normalized spacial score (nSPS) is 17.3. The summed E-state index contributed by atoms with van der Waals surface area (Å²) in [6.07, 6.45) is -0.315. The second-order valence-electron chi connectivity index (χ2n) is 5.11. The summed E-state index contributed by atoms with van der Waals surface area (Å²) in [6.45, 7) is 0.266. The van der Waals surface area contributed by atoms with Crippen molar-refractivity contribution in [1.29, 1.82) is 0 Å². The van der Waals surface area contributed by atoms with E-state index in [0.29, 0.717) is 0 Å². The number of alkyl halides is 2. The molecule has 0 aromatic heterocycles. The van der Waals surface area contributed by atoms with Gasteiger partial charge in [0.05, 0.1) is 5.56 Å². The maximum absolute atomic E-state index is 12.6. The monoisotopic (exact) mass is 283 g/mol. The predicted octanol–water partition coefficient (Wildman–Crippen LogP) is 2.44. The quantitative estimate of drug-likeness (QED) is 0.872. The SMILES string of the molecule is O=C(CC1CC(F)(F)C1)NCc1ccc(C(=O)O)cc1. The van der Waals surface area contributed by atoms with Crippen molar-refractivity contribution in [2.24, 2.45) is 5.92 Å². The van der Waals surface area contributed by atoms with E-state index in [1.807, 2.05) is 0 Å². The second-order valence-corrected chi connectivity index (χ2v) is 5.11. The summed E-state index contributed by atoms with van der Waals surface area (Å²) in [5.41, 5.74) is 0.944. The molecule has 0 saturated heterocycles. The fourth-order valence-corrected chi connectivity index (χ4v) is 2.23. The van der Waals surface area contributed by atoms with E-state index in [4.69, 9.17) is 5.11 Å². The molecule has 2 N–H and O–H groups in total. The molecule has 1 saturated carbocycles. The molecule has 0 bridgehead atoms. The van der Waals surface area contributed by atoms with E-state index in [-0.39, 0.29) is 43.2 Å². The van der Waals surface area contributed by atoms with Crippen molar-refractivity contribution in [3.05, 3.63) is 35.4 Å². The van der Waals surface area contributed by atoms with Gasteiger partial charge in [-0.15, -0.1) is 0 Å². The number of amides is 1. The molecule has 1 aromatic rings. The second kappa shape index (κ2) is 5.56. The molecule has 6 heteroatoms. The Morgan fingerprint density at radius 3 is 2.35 bits per heavy atom. The summed E-state index contributed by atoms with van der Waals surface area (Å²) in [5, 5.41) is 11.4. The van der Waals surface area contributed by atoms with Gasteiger partial charge in [0, 0.05) is 25.8 Å². The first-order valence-corrected chi connectivity index (χ1v) is 6.32. The van der Waals surface area contributed by atoms with Crippen molar-refractivity contribution >= 4 is 11.9 Å². The van der Waals surface area contributed by atoms with Crippen LogP contribution in [0.25, 0.3) is 0 Å². The van der Waals surface area contributed by atoms with Crippen molar-refractivity contribution in [2.45, 2.75) is 31.7 Å². The van der Waals surface area contributed by atoms with Crippen LogP contribution >= 0.6 is 0 Å². The van der Waals surface area contributed by atoms with Gasteiger partial charge in [-0.25, -0.2) is 13.6 Å². The lowest BCUT2D eigenvalue weighted by Crippen LogP contribution is -2.38. The van der Waals surface area contributed by atoms with Crippen molar-refractivity contribution < 1.29 is 23.5 Å². The number of hydrogen-bond acceptors (Lipinski definition) is 2. The van der Waals surface area contributed by atoms with Crippen LogP contribution in [0, 0.1) is 5.92 Å². The molecule has 20 heavy (non-hydrogen) atoms. The molecule has 1 aromatic carbocycles. The lowest BCUT2D eigenvalue weighted by molar-refractivity contribution is -0.133. The first-order chi connectivity index (χ1) is 9.35. The lowest BCUT2D eigenvalue weighted by Gasteiger charge is -2.34. The lowest BCUT2D eigenvalue weighted by atomic mass is 9.79. The number of carbonyl (C=O) groups is 2. The standard InChI is InChI=1S/C14H15F2NO3/c15-14(16)6-10(7-14)5-12(18)17-8-9-1-3-11(4-2-9)13(19)20/h1-4,10H,5-8H2,(H,17,18)(H,19,20). The molecule has 0 spiro atoms. The van der Waals surface area contributed by atoms with E-state index in [9.17, 15) is 18.4 Å². The van der Waals surface area contributed by atoms with Gasteiger partial charge in [-0.2, -0.15) is 0 Å². The fourth-order valence-electron chi connectivity index (χ4n) is 2.23. The van der Waals surface area contributed by atoms with Gasteiger partial charge in [-0.05, 0) is 23.6 Å². The molecular formula is C14H15F2NO3. The number of carboxylic acid groups (broad SMARTS) is 1. The van der Waals surface area contributed by atoms with Crippen molar-refractivity contribution in [3.8, 4) is 0 Å². The molecular weight excluding hydrogens is 268 g/mol. The van der Waals surface area contributed by atoms with Crippen LogP contribution in [0.2, 0.25) is 0 Å². The Morgan fingerprint density at radius 1 is 1.25 bits per heavy atom. The Labute approximate surface area is 114 Å². The molecule has 1 fully saturated rings. The van der Waals surface area contributed by atoms with Crippen LogP contribution in [0.3, 0.4) is 0 Å². The molecule has 1 aliphatic carbocycles. The van der Waals surface area contributed by atoms with Crippen LogP contribution in [0.15, 0.2) is 24.3 Å². The van der Waals surface area contributed by atoms with E-state index < -0.39 is 11.9 Å².